The molecule has 1 aliphatic heterocycles. The molecule has 0 unspecified atom stereocenters. The number of pyridine rings is 1. The van der Waals surface area contributed by atoms with Gasteiger partial charge in [-0.05, 0) is 38.0 Å². The number of imidazole rings is 1. The Morgan fingerprint density at radius 3 is 2.97 bits per heavy atom. The summed E-state index contributed by atoms with van der Waals surface area (Å²) in [7, 11) is 0. The lowest BCUT2D eigenvalue weighted by Crippen LogP contribution is -2.39. The molecule has 5 rings (SSSR count). The fourth-order valence-corrected chi connectivity index (χ4v) is 4.75. The topological polar surface area (TPSA) is 106 Å². The fourth-order valence-electron chi connectivity index (χ4n) is 4.75. The van der Waals surface area contributed by atoms with Crippen molar-refractivity contribution in [1.82, 2.24) is 29.6 Å². The number of hydrogen-bond acceptors (Lipinski definition) is 5. The van der Waals surface area contributed by atoms with Crippen LogP contribution in [0.5, 0.6) is 0 Å². The monoisotopic (exact) mass is 427 g/mol. The Kier molecular flexibility index (Phi) is 5.02. The van der Waals surface area contributed by atoms with Crippen molar-refractivity contribution >= 4 is 33.7 Å². The minimum Gasteiger partial charge on any atom is -0.382 e. The highest BCUT2D eigenvalue weighted by atomic mass is 16.2. The van der Waals surface area contributed by atoms with E-state index in [-0.39, 0.29) is 18.2 Å². The van der Waals surface area contributed by atoms with Crippen LogP contribution in [0.25, 0.3) is 33.2 Å². The molecule has 0 bridgehead atoms. The van der Waals surface area contributed by atoms with Gasteiger partial charge in [-0.25, -0.2) is 9.97 Å². The van der Waals surface area contributed by atoms with Gasteiger partial charge in [-0.3, -0.25) is 9.89 Å². The van der Waals surface area contributed by atoms with Gasteiger partial charge in [0.05, 0.1) is 23.1 Å². The lowest BCUT2D eigenvalue weighted by molar-refractivity contribution is -0.131. The van der Waals surface area contributed by atoms with Crippen LogP contribution in [0.2, 0.25) is 0 Å². The number of aromatic nitrogens is 5. The summed E-state index contributed by atoms with van der Waals surface area (Å²) in [5, 5.41) is 8.12. The van der Waals surface area contributed by atoms with Crippen LogP contribution in [-0.4, -0.2) is 48.6 Å². The summed E-state index contributed by atoms with van der Waals surface area (Å²) in [4.78, 5) is 23.8. The predicted molar refractivity (Wildman–Crippen MR) is 125 cm³/mol. The number of nitrogens with one attached hydrogen (secondary N) is 1. The van der Waals surface area contributed by atoms with Gasteiger partial charge in [-0.2, -0.15) is 5.10 Å². The van der Waals surface area contributed by atoms with Crippen molar-refractivity contribution in [1.29, 1.82) is 0 Å². The molecule has 162 valence electrons. The van der Waals surface area contributed by atoms with Crippen LogP contribution in [0.4, 0.5) is 5.82 Å². The number of H-pyrrole nitrogens is 1. The number of amides is 1. The molecular weight excluding hydrogens is 402 g/mol. The molecule has 1 aliphatic rings. The summed E-state index contributed by atoms with van der Waals surface area (Å²) in [6, 6.07) is 8.04. The smallest absolute Gasteiger partial charge is 0.234 e. The molecule has 1 aromatic carbocycles. The van der Waals surface area contributed by atoms with E-state index in [2.05, 4.69) is 38.7 Å². The van der Waals surface area contributed by atoms with E-state index < -0.39 is 0 Å². The molecule has 3 aromatic heterocycles. The number of carbonyl (C=O) groups is 1. The third kappa shape index (κ3) is 3.26. The zero-order valence-electron chi connectivity index (χ0n) is 18.0. The Balaban J connectivity index is 1.62. The van der Waals surface area contributed by atoms with Gasteiger partial charge in [0.15, 0.2) is 5.82 Å². The largest absolute Gasteiger partial charge is 0.382 e. The molecule has 32 heavy (non-hydrogen) atoms. The molecule has 4 aromatic rings. The van der Waals surface area contributed by atoms with Crippen molar-refractivity contribution in [2.45, 2.75) is 38.6 Å². The van der Waals surface area contributed by atoms with E-state index in [1.54, 1.807) is 6.20 Å². The lowest BCUT2D eigenvalue weighted by atomic mass is 9.96. The molecule has 0 aliphatic carbocycles. The van der Waals surface area contributed by atoms with Crippen molar-refractivity contribution in [2.24, 2.45) is 0 Å². The summed E-state index contributed by atoms with van der Waals surface area (Å²) < 4.78 is 2.23. The summed E-state index contributed by atoms with van der Waals surface area (Å²) in [5.41, 5.74) is 10.7. The van der Waals surface area contributed by atoms with E-state index in [1.165, 1.54) is 0 Å². The van der Waals surface area contributed by atoms with Gasteiger partial charge in [-0.1, -0.05) is 12.0 Å². The van der Waals surface area contributed by atoms with E-state index in [0.717, 1.165) is 59.4 Å². The highest BCUT2D eigenvalue weighted by molar-refractivity contribution is 6.07. The van der Waals surface area contributed by atoms with Gasteiger partial charge in [0, 0.05) is 42.7 Å². The van der Waals surface area contributed by atoms with Crippen molar-refractivity contribution in [2.75, 3.05) is 18.8 Å². The number of likely N-dealkylation sites (tertiary alicyclic amines) is 1. The van der Waals surface area contributed by atoms with Gasteiger partial charge in [-0.15, -0.1) is 6.42 Å². The molecule has 1 saturated heterocycles. The van der Waals surface area contributed by atoms with E-state index >= 15 is 0 Å². The number of anilines is 1. The Bertz CT molecular complexity index is 1350. The highest BCUT2D eigenvalue weighted by Gasteiger charge is 2.29. The standard InChI is InChI=1S/C24H25N7O/c1-3-6-20(32)30-12-5-7-16(14-30)24-28-21-22(31(24)4-2)17-9-8-15(18-10-11-26-29-18)13-19(17)27-23(21)25/h1,8-11,13,16H,4-7,12,14H2,2H3,(H2,25,27)(H,26,29)/t16-/m0/s1. The molecule has 0 radical (unpaired) electrons. The average molecular weight is 428 g/mol. The number of nitrogens with zero attached hydrogens (tertiary/aromatic N) is 5. The zero-order valence-corrected chi connectivity index (χ0v) is 18.0. The van der Waals surface area contributed by atoms with Crippen LogP contribution in [0.3, 0.4) is 0 Å². The minimum atomic E-state index is 0.00823. The second kappa shape index (κ2) is 8.00. The van der Waals surface area contributed by atoms with Crippen LogP contribution < -0.4 is 5.73 Å². The third-order valence-electron chi connectivity index (χ3n) is 6.24. The fraction of sp³-hybridized carbons (Fsp3) is 0.333. The SMILES string of the molecule is C#CCC(=O)N1CCC[C@H](c2nc3c(N)nc4cc(-c5cc[nH]n5)ccc4c3n2CC)C1. The first kappa shape index (κ1) is 20.1. The number of aromatic amines is 1. The number of carbonyl (C=O) groups excluding carboxylic acids is 1. The molecule has 1 amide bonds. The van der Waals surface area contributed by atoms with Crippen molar-refractivity contribution in [3.8, 4) is 23.6 Å². The maximum atomic E-state index is 12.4. The number of rotatable bonds is 4. The second-order valence-electron chi connectivity index (χ2n) is 8.16. The summed E-state index contributed by atoms with van der Waals surface area (Å²) >= 11 is 0. The summed E-state index contributed by atoms with van der Waals surface area (Å²) in [5.74, 6) is 3.98. The minimum absolute atomic E-state index is 0.00823. The number of aryl methyl sites for hydroxylation is 1. The van der Waals surface area contributed by atoms with Gasteiger partial charge < -0.3 is 15.2 Å². The van der Waals surface area contributed by atoms with Crippen molar-refractivity contribution < 1.29 is 4.79 Å². The Morgan fingerprint density at radius 1 is 1.34 bits per heavy atom. The normalized spacial score (nSPS) is 16.5. The summed E-state index contributed by atoms with van der Waals surface area (Å²) in [6.07, 6.45) is 9.18. The Hall–Kier alpha value is -3.86. The molecule has 8 heteroatoms. The van der Waals surface area contributed by atoms with Gasteiger partial charge >= 0.3 is 0 Å². The number of nitrogen functional groups attached to an aromatic ring is 1. The van der Waals surface area contributed by atoms with Crippen LogP contribution in [0.1, 0.15) is 37.9 Å². The number of hydrogen-bond donors (Lipinski definition) is 2. The van der Waals surface area contributed by atoms with Crippen molar-refractivity contribution in [3.05, 3.63) is 36.3 Å². The first-order chi connectivity index (χ1) is 15.6. The molecule has 0 spiro atoms. The molecule has 3 N–H and O–H groups in total. The maximum Gasteiger partial charge on any atom is 0.234 e. The number of benzene rings is 1. The van der Waals surface area contributed by atoms with Gasteiger partial charge in [0.25, 0.3) is 0 Å². The van der Waals surface area contributed by atoms with Crippen LogP contribution in [0, 0.1) is 12.3 Å². The van der Waals surface area contributed by atoms with Gasteiger partial charge in [0.1, 0.15) is 11.3 Å². The number of piperidine rings is 1. The molecule has 0 saturated carbocycles. The van der Waals surface area contributed by atoms with E-state index in [9.17, 15) is 4.79 Å². The van der Waals surface area contributed by atoms with Crippen LogP contribution >= 0.6 is 0 Å². The molecule has 8 nitrogen and oxygen atoms in total. The first-order valence-electron chi connectivity index (χ1n) is 10.9. The third-order valence-corrected chi connectivity index (χ3v) is 6.24. The van der Waals surface area contributed by atoms with E-state index in [1.807, 2.05) is 23.1 Å². The molecular formula is C24H25N7O. The average Bonchev–Trinajstić information content (AvgIpc) is 3.48. The molecule has 1 fully saturated rings. The maximum absolute atomic E-state index is 12.4. The predicted octanol–water partition coefficient (Wildman–Crippen LogP) is 3.31. The molecule has 1 atom stereocenters. The lowest BCUT2D eigenvalue weighted by Gasteiger charge is -2.32. The van der Waals surface area contributed by atoms with Crippen LogP contribution in [-0.2, 0) is 11.3 Å². The highest BCUT2D eigenvalue weighted by Crippen LogP contribution is 2.35. The van der Waals surface area contributed by atoms with Crippen molar-refractivity contribution in [3.63, 3.8) is 0 Å². The number of terminal acetylenes is 1. The second-order valence-corrected chi connectivity index (χ2v) is 8.16. The van der Waals surface area contributed by atoms with E-state index in [4.69, 9.17) is 17.1 Å². The zero-order chi connectivity index (χ0) is 22.2. The molecule has 4 heterocycles. The number of fused-ring (bicyclic) bond motifs is 3. The Morgan fingerprint density at radius 2 is 2.22 bits per heavy atom. The number of nitrogens with two attached hydrogens (primary N) is 1. The van der Waals surface area contributed by atoms with Gasteiger partial charge in [0.2, 0.25) is 5.91 Å². The van der Waals surface area contributed by atoms with Crippen LogP contribution in [0.15, 0.2) is 30.5 Å². The summed E-state index contributed by atoms with van der Waals surface area (Å²) in [6.45, 7) is 4.22. The van der Waals surface area contributed by atoms with E-state index in [0.29, 0.717) is 17.9 Å². The quantitative estimate of drug-likeness (QED) is 0.486. The first-order valence-corrected chi connectivity index (χ1v) is 10.9. The Labute approximate surface area is 185 Å².